The Bertz CT molecular complexity index is 401. The van der Waals surface area contributed by atoms with Crippen LogP contribution in [0.2, 0.25) is 0 Å². The van der Waals surface area contributed by atoms with E-state index in [1.807, 2.05) is 13.8 Å². The van der Waals surface area contributed by atoms with Gasteiger partial charge in [-0.3, -0.25) is 4.79 Å². The lowest BCUT2D eigenvalue weighted by Crippen LogP contribution is -2.67. The second kappa shape index (κ2) is 3.28. The van der Waals surface area contributed by atoms with E-state index in [-0.39, 0.29) is 17.9 Å². The third-order valence-electron chi connectivity index (χ3n) is 5.39. The molecule has 102 valence electrons. The van der Waals surface area contributed by atoms with E-state index in [4.69, 9.17) is 9.47 Å². The van der Waals surface area contributed by atoms with Crippen molar-refractivity contribution >= 4 is 5.97 Å². The fraction of sp³-hybridized carbons (Fsp3) is 0.929. The predicted octanol–water partition coefficient (Wildman–Crippen LogP) is 2.42. The van der Waals surface area contributed by atoms with Crippen LogP contribution in [0.4, 0.5) is 0 Å². The molecule has 1 N–H and O–H groups in total. The zero-order valence-corrected chi connectivity index (χ0v) is 11.5. The van der Waals surface area contributed by atoms with Gasteiger partial charge in [0.25, 0.3) is 0 Å². The molecule has 4 heteroatoms. The molecule has 0 spiro atoms. The topological polar surface area (TPSA) is 55.8 Å². The minimum Gasteiger partial charge on any atom is -0.481 e. The highest BCUT2D eigenvalue weighted by Gasteiger charge is 2.71. The van der Waals surface area contributed by atoms with Crippen molar-refractivity contribution in [2.75, 3.05) is 0 Å². The zero-order chi connectivity index (χ0) is 13.3. The van der Waals surface area contributed by atoms with Gasteiger partial charge >= 0.3 is 5.97 Å². The molecule has 2 bridgehead atoms. The highest BCUT2D eigenvalue weighted by Crippen LogP contribution is 2.67. The molecule has 0 aromatic rings. The predicted molar refractivity (Wildman–Crippen MR) is 65.0 cm³/mol. The van der Waals surface area contributed by atoms with E-state index in [0.29, 0.717) is 11.8 Å². The maximum atomic E-state index is 11.3. The number of hydrogen-bond acceptors (Lipinski definition) is 3. The lowest BCUT2D eigenvalue weighted by molar-refractivity contribution is -0.233. The van der Waals surface area contributed by atoms with Gasteiger partial charge in [-0.25, -0.2) is 0 Å². The summed E-state index contributed by atoms with van der Waals surface area (Å²) < 4.78 is 12.1. The van der Waals surface area contributed by atoms with Gasteiger partial charge in [0.05, 0.1) is 12.5 Å². The maximum Gasteiger partial charge on any atom is 0.306 e. The second-order valence-corrected chi connectivity index (χ2v) is 7.18. The SMILES string of the molecule is CC1(C)O[C@H]2C[C@H]3C[C@H](C3(C)C)[C@]2(CC(=O)O)O1. The van der Waals surface area contributed by atoms with Crippen LogP contribution < -0.4 is 0 Å². The van der Waals surface area contributed by atoms with Crippen molar-refractivity contribution in [2.24, 2.45) is 17.3 Å². The van der Waals surface area contributed by atoms with Crippen molar-refractivity contribution in [3.05, 3.63) is 0 Å². The van der Waals surface area contributed by atoms with Crippen LogP contribution in [0, 0.1) is 17.3 Å². The molecule has 3 saturated carbocycles. The molecule has 18 heavy (non-hydrogen) atoms. The second-order valence-electron chi connectivity index (χ2n) is 7.18. The van der Waals surface area contributed by atoms with Crippen molar-refractivity contribution < 1.29 is 19.4 Å². The Morgan fingerprint density at radius 1 is 1.28 bits per heavy atom. The van der Waals surface area contributed by atoms with Crippen LogP contribution in [-0.2, 0) is 14.3 Å². The molecule has 4 fully saturated rings. The third kappa shape index (κ3) is 1.42. The molecule has 1 aliphatic heterocycles. The van der Waals surface area contributed by atoms with E-state index in [1.165, 1.54) is 0 Å². The Hall–Kier alpha value is -0.610. The van der Waals surface area contributed by atoms with Crippen LogP contribution in [0.3, 0.4) is 0 Å². The molecule has 1 saturated heterocycles. The third-order valence-corrected chi connectivity index (χ3v) is 5.39. The summed E-state index contributed by atoms with van der Waals surface area (Å²) in [5.74, 6) is -0.505. The van der Waals surface area contributed by atoms with E-state index in [2.05, 4.69) is 13.8 Å². The number of hydrogen-bond donors (Lipinski definition) is 1. The molecule has 0 radical (unpaired) electrons. The fourth-order valence-electron chi connectivity index (χ4n) is 4.55. The van der Waals surface area contributed by atoms with Gasteiger partial charge in [0, 0.05) is 0 Å². The number of rotatable bonds is 2. The van der Waals surface area contributed by atoms with Gasteiger partial charge in [-0.05, 0) is 43.9 Å². The molecule has 0 aromatic heterocycles. The van der Waals surface area contributed by atoms with Crippen LogP contribution in [0.5, 0.6) is 0 Å². The quantitative estimate of drug-likeness (QED) is 0.822. The highest BCUT2D eigenvalue weighted by molar-refractivity contribution is 5.68. The molecule has 1 heterocycles. The van der Waals surface area contributed by atoms with E-state index in [9.17, 15) is 9.90 Å². The summed E-state index contributed by atoms with van der Waals surface area (Å²) in [6, 6.07) is 0. The molecule has 4 atom stereocenters. The Morgan fingerprint density at radius 2 is 1.94 bits per heavy atom. The number of carboxylic acids is 1. The van der Waals surface area contributed by atoms with Gasteiger partial charge in [0.1, 0.15) is 5.60 Å². The first kappa shape index (κ1) is 12.4. The Kier molecular flexibility index (Phi) is 2.27. The molecular formula is C14H22O4. The molecule has 0 amide bonds. The smallest absolute Gasteiger partial charge is 0.306 e. The van der Waals surface area contributed by atoms with Crippen LogP contribution in [-0.4, -0.2) is 28.6 Å². The maximum absolute atomic E-state index is 11.3. The van der Waals surface area contributed by atoms with Crippen LogP contribution in [0.25, 0.3) is 0 Å². The fourth-order valence-corrected chi connectivity index (χ4v) is 4.55. The summed E-state index contributed by atoms with van der Waals surface area (Å²) in [4.78, 5) is 11.3. The van der Waals surface area contributed by atoms with Gasteiger partial charge in [-0.1, -0.05) is 13.8 Å². The van der Waals surface area contributed by atoms with Crippen molar-refractivity contribution in [3.8, 4) is 0 Å². The van der Waals surface area contributed by atoms with E-state index < -0.39 is 17.4 Å². The Balaban J connectivity index is 1.99. The Labute approximate surface area is 108 Å². The van der Waals surface area contributed by atoms with Gasteiger partial charge < -0.3 is 14.6 Å². The normalized spacial score (nSPS) is 47.2. The van der Waals surface area contributed by atoms with Crippen molar-refractivity contribution in [3.63, 3.8) is 0 Å². The minimum atomic E-state index is -0.789. The molecule has 3 aliphatic carbocycles. The molecule has 4 aliphatic rings. The minimum absolute atomic E-state index is 0.0552. The lowest BCUT2D eigenvalue weighted by Gasteiger charge is -2.64. The average Bonchev–Trinajstić information content (AvgIpc) is 2.44. The molecule has 0 unspecified atom stereocenters. The van der Waals surface area contributed by atoms with Crippen molar-refractivity contribution in [1.82, 2.24) is 0 Å². The zero-order valence-electron chi connectivity index (χ0n) is 11.5. The van der Waals surface area contributed by atoms with Crippen molar-refractivity contribution in [2.45, 2.75) is 64.4 Å². The van der Waals surface area contributed by atoms with Gasteiger partial charge in [0.15, 0.2) is 5.79 Å². The molecule has 0 aromatic carbocycles. The van der Waals surface area contributed by atoms with Gasteiger partial charge in [0.2, 0.25) is 0 Å². The van der Waals surface area contributed by atoms with Crippen molar-refractivity contribution in [1.29, 1.82) is 0 Å². The first-order valence-corrected chi connectivity index (χ1v) is 6.77. The van der Waals surface area contributed by atoms with E-state index in [0.717, 1.165) is 12.8 Å². The summed E-state index contributed by atoms with van der Waals surface area (Å²) in [6.07, 6.45) is 2.01. The van der Waals surface area contributed by atoms with Crippen LogP contribution in [0.1, 0.15) is 47.0 Å². The first-order valence-electron chi connectivity index (χ1n) is 6.77. The van der Waals surface area contributed by atoms with E-state index >= 15 is 0 Å². The number of carbonyl (C=O) groups is 1. The standard InChI is InChI=1S/C14H22O4/c1-12(2)8-5-9(12)14(7-11(15)16)10(6-8)17-13(3,4)18-14/h8-10H,5-7H2,1-4H3,(H,15,16)/t8-,9-,10+,14+/m1/s1. The number of carboxylic acid groups (broad SMARTS) is 1. The van der Waals surface area contributed by atoms with E-state index in [1.54, 1.807) is 0 Å². The molecule has 4 nitrogen and oxygen atoms in total. The van der Waals surface area contributed by atoms with Gasteiger partial charge in [-0.15, -0.1) is 0 Å². The lowest BCUT2D eigenvalue weighted by atomic mass is 9.43. The molecule has 4 rings (SSSR count). The first-order chi connectivity index (χ1) is 8.17. The van der Waals surface area contributed by atoms with Crippen LogP contribution >= 0.6 is 0 Å². The summed E-state index contributed by atoms with van der Waals surface area (Å²) in [5, 5.41) is 9.25. The summed E-state index contributed by atoms with van der Waals surface area (Å²) >= 11 is 0. The van der Waals surface area contributed by atoms with Gasteiger partial charge in [-0.2, -0.15) is 0 Å². The summed E-state index contributed by atoms with van der Waals surface area (Å²) in [6.45, 7) is 8.25. The van der Waals surface area contributed by atoms with Crippen LogP contribution in [0.15, 0.2) is 0 Å². The number of aliphatic carboxylic acids is 1. The monoisotopic (exact) mass is 254 g/mol. The average molecular weight is 254 g/mol. The summed E-state index contributed by atoms with van der Waals surface area (Å²) in [7, 11) is 0. The summed E-state index contributed by atoms with van der Waals surface area (Å²) in [5.41, 5.74) is -0.441. The number of ether oxygens (including phenoxy) is 2. The Morgan fingerprint density at radius 3 is 2.50 bits per heavy atom. The highest BCUT2D eigenvalue weighted by atomic mass is 16.8. The largest absolute Gasteiger partial charge is 0.481 e. The molecular weight excluding hydrogens is 232 g/mol.